The molecule has 28 heavy (non-hydrogen) atoms. The molecule has 0 aliphatic carbocycles. The Labute approximate surface area is 168 Å². The zero-order valence-electron chi connectivity index (χ0n) is 15.9. The van der Waals surface area contributed by atoms with Crippen LogP contribution < -0.4 is 5.32 Å². The highest BCUT2D eigenvalue weighted by molar-refractivity contribution is 7.99. The van der Waals surface area contributed by atoms with Crippen LogP contribution in [0.2, 0.25) is 0 Å². The van der Waals surface area contributed by atoms with Crippen molar-refractivity contribution in [1.29, 1.82) is 0 Å². The van der Waals surface area contributed by atoms with E-state index in [9.17, 15) is 9.90 Å². The third-order valence-electron chi connectivity index (χ3n) is 4.25. The van der Waals surface area contributed by atoms with Crippen LogP contribution in [0.4, 0.5) is 0 Å². The van der Waals surface area contributed by atoms with E-state index in [0.717, 1.165) is 12.1 Å². The topological polar surface area (TPSA) is 92.9 Å². The first-order chi connectivity index (χ1) is 13.5. The van der Waals surface area contributed by atoms with E-state index in [-0.39, 0.29) is 17.4 Å². The molecule has 0 aliphatic rings. The summed E-state index contributed by atoms with van der Waals surface area (Å²) in [4.78, 5) is 12.1. The van der Waals surface area contributed by atoms with Gasteiger partial charge in [-0.25, -0.2) is 0 Å². The van der Waals surface area contributed by atoms with Crippen molar-refractivity contribution in [2.45, 2.75) is 31.3 Å². The Bertz CT molecular complexity index is 907. The van der Waals surface area contributed by atoms with Crippen LogP contribution in [0.3, 0.4) is 0 Å². The predicted octanol–water partition coefficient (Wildman–Crippen LogP) is 2.94. The number of carbonyl (C=O) groups excluding carboxylic acids is 1. The molecule has 1 amide bonds. The summed E-state index contributed by atoms with van der Waals surface area (Å²) in [6, 6.07) is 15.0. The number of aromatic hydroxyl groups is 1. The fraction of sp³-hybridized carbons (Fsp3) is 0.300. The largest absolute Gasteiger partial charge is 0.508 e. The van der Waals surface area contributed by atoms with Gasteiger partial charge in [0.15, 0.2) is 0 Å². The molecule has 0 atom stereocenters. The maximum atomic E-state index is 12.1. The molecule has 0 radical (unpaired) electrons. The van der Waals surface area contributed by atoms with Gasteiger partial charge in [-0.1, -0.05) is 49.9 Å². The third-order valence-corrected chi connectivity index (χ3v) is 5.17. The maximum Gasteiger partial charge on any atom is 0.230 e. The molecule has 8 heteroatoms. The SMILES string of the molecule is CC(C)c1ccc(CCNC(=O)CSc2nnnn2-c2ccc(O)cc2)cc1. The van der Waals surface area contributed by atoms with Crippen LogP contribution in [-0.2, 0) is 11.2 Å². The molecule has 7 nitrogen and oxygen atoms in total. The number of nitrogens with one attached hydrogen (secondary N) is 1. The first-order valence-electron chi connectivity index (χ1n) is 9.09. The number of phenolic OH excluding ortho intramolecular Hbond substituents is 1. The van der Waals surface area contributed by atoms with E-state index in [0.29, 0.717) is 17.6 Å². The Kier molecular flexibility index (Phi) is 6.65. The second-order valence-corrected chi connectivity index (χ2v) is 7.62. The van der Waals surface area contributed by atoms with E-state index in [1.807, 2.05) is 0 Å². The molecule has 0 bridgehead atoms. The molecule has 146 valence electrons. The number of aromatic nitrogens is 4. The van der Waals surface area contributed by atoms with E-state index >= 15 is 0 Å². The molecule has 0 aliphatic heterocycles. The van der Waals surface area contributed by atoms with E-state index in [1.165, 1.54) is 27.6 Å². The second-order valence-electron chi connectivity index (χ2n) is 6.67. The van der Waals surface area contributed by atoms with Gasteiger partial charge in [-0.15, -0.1) is 5.10 Å². The molecular weight excluding hydrogens is 374 g/mol. The molecule has 1 heterocycles. The van der Waals surface area contributed by atoms with E-state index in [1.54, 1.807) is 24.3 Å². The van der Waals surface area contributed by atoms with Crippen LogP contribution in [0, 0.1) is 0 Å². The summed E-state index contributed by atoms with van der Waals surface area (Å²) in [5.41, 5.74) is 3.24. The summed E-state index contributed by atoms with van der Waals surface area (Å²) in [5, 5.41) is 24.4. The molecule has 0 saturated heterocycles. The smallest absolute Gasteiger partial charge is 0.230 e. The van der Waals surface area contributed by atoms with Crippen LogP contribution in [0.5, 0.6) is 5.75 Å². The summed E-state index contributed by atoms with van der Waals surface area (Å²) in [6.45, 7) is 4.93. The number of rotatable bonds is 8. The normalized spacial score (nSPS) is 11.0. The lowest BCUT2D eigenvalue weighted by molar-refractivity contribution is -0.118. The van der Waals surface area contributed by atoms with Gasteiger partial charge in [0, 0.05) is 6.54 Å². The number of thioether (sulfide) groups is 1. The van der Waals surface area contributed by atoms with E-state index in [4.69, 9.17) is 0 Å². The molecule has 0 fully saturated rings. The van der Waals surface area contributed by atoms with Crippen molar-refractivity contribution in [3.05, 3.63) is 59.7 Å². The second kappa shape index (κ2) is 9.36. The minimum atomic E-state index is -0.0657. The van der Waals surface area contributed by atoms with Gasteiger partial charge in [0.25, 0.3) is 0 Å². The molecule has 0 unspecified atom stereocenters. The van der Waals surface area contributed by atoms with Gasteiger partial charge < -0.3 is 10.4 Å². The number of nitrogens with zero attached hydrogens (tertiary/aromatic N) is 4. The minimum absolute atomic E-state index is 0.0657. The van der Waals surface area contributed by atoms with Crippen LogP contribution in [0.15, 0.2) is 53.7 Å². The Morgan fingerprint density at radius 1 is 1.14 bits per heavy atom. The van der Waals surface area contributed by atoms with Crippen LogP contribution in [-0.4, -0.2) is 43.5 Å². The average Bonchev–Trinajstić information content (AvgIpc) is 3.16. The lowest BCUT2D eigenvalue weighted by Gasteiger charge is -2.08. The zero-order valence-corrected chi connectivity index (χ0v) is 16.7. The molecule has 0 spiro atoms. The highest BCUT2D eigenvalue weighted by Gasteiger charge is 2.11. The Morgan fingerprint density at radius 3 is 2.54 bits per heavy atom. The van der Waals surface area contributed by atoms with Gasteiger partial charge in [0.2, 0.25) is 11.1 Å². The number of hydrogen-bond acceptors (Lipinski definition) is 6. The highest BCUT2D eigenvalue weighted by atomic mass is 32.2. The van der Waals surface area contributed by atoms with Crippen LogP contribution in [0.1, 0.15) is 30.9 Å². The van der Waals surface area contributed by atoms with Crippen molar-refractivity contribution < 1.29 is 9.90 Å². The zero-order chi connectivity index (χ0) is 19.9. The lowest BCUT2D eigenvalue weighted by Crippen LogP contribution is -2.27. The van der Waals surface area contributed by atoms with Gasteiger partial charge in [0.1, 0.15) is 5.75 Å². The minimum Gasteiger partial charge on any atom is -0.508 e. The number of tetrazole rings is 1. The summed E-state index contributed by atoms with van der Waals surface area (Å²) >= 11 is 1.26. The molecule has 3 rings (SSSR count). The first kappa shape index (κ1) is 19.9. The van der Waals surface area contributed by atoms with Crippen molar-refractivity contribution in [2.75, 3.05) is 12.3 Å². The van der Waals surface area contributed by atoms with Crippen molar-refractivity contribution in [3.8, 4) is 11.4 Å². The van der Waals surface area contributed by atoms with Crippen LogP contribution in [0.25, 0.3) is 5.69 Å². The number of phenols is 1. The van der Waals surface area contributed by atoms with Crippen molar-refractivity contribution in [3.63, 3.8) is 0 Å². The fourth-order valence-electron chi connectivity index (χ4n) is 2.62. The Hall–Kier alpha value is -2.87. The van der Waals surface area contributed by atoms with Gasteiger partial charge >= 0.3 is 0 Å². The van der Waals surface area contributed by atoms with Crippen LogP contribution >= 0.6 is 11.8 Å². The van der Waals surface area contributed by atoms with Crippen molar-refractivity contribution >= 4 is 17.7 Å². The summed E-state index contributed by atoms with van der Waals surface area (Å²) in [6.07, 6.45) is 0.792. The van der Waals surface area contributed by atoms with Crippen molar-refractivity contribution in [1.82, 2.24) is 25.5 Å². The fourth-order valence-corrected chi connectivity index (χ4v) is 3.34. The average molecular weight is 398 g/mol. The number of hydrogen-bond donors (Lipinski definition) is 2. The van der Waals surface area contributed by atoms with E-state index in [2.05, 4.69) is 59.0 Å². The monoisotopic (exact) mass is 397 g/mol. The molecule has 3 aromatic rings. The van der Waals surface area contributed by atoms with Crippen molar-refractivity contribution in [2.24, 2.45) is 0 Å². The summed E-state index contributed by atoms with van der Waals surface area (Å²) < 4.78 is 1.54. The highest BCUT2D eigenvalue weighted by Crippen LogP contribution is 2.19. The molecule has 2 N–H and O–H groups in total. The standard InChI is InChI=1S/C20H23N5O2S/c1-14(2)16-5-3-15(4-6-16)11-12-21-19(27)13-28-20-22-23-24-25(20)17-7-9-18(26)10-8-17/h3-10,14,26H,11-13H2,1-2H3,(H,21,27). The van der Waals surface area contributed by atoms with Gasteiger partial charge in [-0.2, -0.15) is 4.68 Å². The molecular formula is C20H23N5O2S. The third kappa shape index (κ3) is 5.32. The maximum absolute atomic E-state index is 12.1. The summed E-state index contributed by atoms with van der Waals surface area (Å²) in [7, 11) is 0. The molecule has 2 aromatic carbocycles. The van der Waals surface area contributed by atoms with Gasteiger partial charge in [-0.3, -0.25) is 4.79 Å². The predicted molar refractivity (Wildman–Crippen MR) is 109 cm³/mol. The Balaban J connectivity index is 1.46. The number of benzene rings is 2. The quantitative estimate of drug-likeness (QED) is 0.568. The number of carbonyl (C=O) groups is 1. The first-order valence-corrected chi connectivity index (χ1v) is 10.1. The van der Waals surface area contributed by atoms with Gasteiger partial charge in [0.05, 0.1) is 11.4 Å². The molecule has 0 saturated carbocycles. The molecule has 1 aromatic heterocycles. The lowest BCUT2D eigenvalue weighted by atomic mass is 10.0. The summed E-state index contributed by atoms with van der Waals surface area (Å²) in [5.74, 6) is 0.849. The number of amides is 1. The van der Waals surface area contributed by atoms with E-state index < -0.39 is 0 Å². The Morgan fingerprint density at radius 2 is 1.86 bits per heavy atom. The van der Waals surface area contributed by atoms with Gasteiger partial charge in [-0.05, 0) is 58.2 Å².